The smallest absolute Gasteiger partial charge is 0.306 e. The van der Waals surface area contributed by atoms with Crippen molar-refractivity contribution in [3.8, 4) is 21.8 Å². The maximum Gasteiger partial charge on any atom is 0.306 e. The molecule has 3 heterocycles. The number of hydrogen-bond donors (Lipinski definition) is 2. The summed E-state index contributed by atoms with van der Waals surface area (Å²) in [4.78, 5) is 33.2. The number of aliphatic carboxylic acids is 1. The van der Waals surface area contributed by atoms with Crippen LogP contribution in [-0.4, -0.2) is 36.7 Å². The fourth-order valence-electron chi connectivity index (χ4n) is 4.77. The van der Waals surface area contributed by atoms with E-state index in [0.717, 1.165) is 58.9 Å². The van der Waals surface area contributed by atoms with Gasteiger partial charge in [0, 0.05) is 29.9 Å². The monoisotopic (exact) mass is 451 g/mol. The quantitative estimate of drug-likeness (QED) is 0.614. The lowest BCUT2D eigenvalue weighted by molar-refractivity contribution is -0.143. The van der Waals surface area contributed by atoms with Crippen LogP contribution in [0.4, 0.5) is 5.13 Å². The molecule has 3 aromatic heterocycles. The number of hydrogen-bond acceptors (Lipinski definition) is 6. The molecule has 9 heteroatoms. The molecule has 0 aromatic carbocycles. The first-order valence-electron chi connectivity index (χ1n) is 11.0. The summed E-state index contributed by atoms with van der Waals surface area (Å²) in [6, 6.07) is 4.19. The van der Waals surface area contributed by atoms with Gasteiger partial charge in [0.05, 0.1) is 33.9 Å². The molecule has 0 radical (unpaired) electrons. The molecule has 32 heavy (non-hydrogen) atoms. The number of fused-ring (bicyclic) bond motifs is 3. The highest BCUT2D eigenvalue weighted by molar-refractivity contribution is 7.19. The first-order chi connectivity index (χ1) is 15.4. The summed E-state index contributed by atoms with van der Waals surface area (Å²) in [6.07, 6.45) is 6.36. The van der Waals surface area contributed by atoms with Gasteiger partial charge < -0.3 is 10.4 Å². The van der Waals surface area contributed by atoms with E-state index in [1.165, 1.54) is 23.8 Å². The maximum atomic E-state index is 11.6. The second-order valence-corrected chi connectivity index (χ2v) is 9.63. The van der Waals surface area contributed by atoms with Crippen LogP contribution in [0, 0.1) is 12.8 Å². The van der Waals surface area contributed by atoms with Crippen LogP contribution in [0.5, 0.6) is 0 Å². The summed E-state index contributed by atoms with van der Waals surface area (Å²) in [5.74, 6) is -1.12. The van der Waals surface area contributed by atoms with Gasteiger partial charge in [-0.05, 0) is 57.6 Å². The molecule has 166 valence electrons. The summed E-state index contributed by atoms with van der Waals surface area (Å²) in [5.41, 5.74) is 6.11. The summed E-state index contributed by atoms with van der Waals surface area (Å²) in [7, 11) is 0. The highest BCUT2D eigenvalue weighted by Crippen LogP contribution is 2.46. The number of aryl methyl sites for hydroxylation is 2. The van der Waals surface area contributed by atoms with E-state index in [4.69, 9.17) is 5.10 Å². The molecule has 0 atom stereocenters. The van der Waals surface area contributed by atoms with E-state index in [2.05, 4.69) is 26.0 Å². The lowest BCUT2D eigenvalue weighted by Gasteiger charge is -2.28. The zero-order valence-electron chi connectivity index (χ0n) is 18.1. The summed E-state index contributed by atoms with van der Waals surface area (Å²) < 4.78 is 2.11. The zero-order chi connectivity index (χ0) is 22.4. The minimum absolute atomic E-state index is 0.136. The fourth-order valence-corrected chi connectivity index (χ4v) is 5.89. The number of anilines is 1. The Hall–Kier alpha value is -3.07. The second kappa shape index (κ2) is 8.12. The van der Waals surface area contributed by atoms with Crippen LogP contribution in [0.25, 0.3) is 21.8 Å². The standard InChI is InChI=1S/C23H25N5O3S/c1-12-3-4-15(11-24-12)19-17-9-10-18-21(32-23(26-18)25-13(2)29)20(17)28(27-19)16-7-5-14(6-8-16)22(30)31/h3-4,11,14,16H,5-10H2,1-2H3,(H,30,31)(H,25,26,29). The Bertz CT molecular complexity index is 1190. The van der Waals surface area contributed by atoms with Gasteiger partial charge in [0.25, 0.3) is 0 Å². The van der Waals surface area contributed by atoms with Gasteiger partial charge in [0.15, 0.2) is 5.13 Å². The summed E-state index contributed by atoms with van der Waals surface area (Å²) >= 11 is 1.49. The van der Waals surface area contributed by atoms with Crippen LogP contribution < -0.4 is 5.32 Å². The Balaban J connectivity index is 1.60. The molecular formula is C23H25N5O3S. The molecule has 5 rings (SSSR count). The van der Waals surface area contributed by atoms with E-state index < -0.39 is 5.97 Å². The van der Waals surface area contributed by atoms with Gasteiger partial charge in [-0.25, -0.2) is 4.98 Å². The van der Waals surface area contributed by atoms with Crippen LogP contribution >= 0.6 is 11.3 Å². The molecular weight excluding hydrogens is 426 g/mol. The number of carboxylic acid groups (broad SMARTS) is 1. The van der Waals surface area contributed by atoms with E-state index in [1.807, 2.05) is 19.2 Å². The Kier molecular flexibility index (Phi) is 5.28. The largest absolute Gasteiger partial charge is 0.481 e. The van der Waals surface area contributed by atoms with E-state index in [-0.39, 0.29) is 17.9 Å². The van der Waals surface area contributed by atoms with E-state index in [1.54, 1.807) is 0 Å². The molecule has 8 nitrogen and oxygen atoms in total. The van der Waals surface area contributed by atoms with Crippen LogP contribution in [0.3, 0.4) is 0 Å². The number of carbonyl (C=O) groups excluding carboxylic acids is 1. The minimum atomic E-state index is -0.706. The van der Waals surface area contributed by atoms with Crippen molar-refractivity contribution in [3.63, 3.8) is 0 Å². The van der Waals surface area contributed by atoms with Gasteiger partial charge in [-0.2, -0.15) is 5.10 Å². The Morgan fingerprint density at radius 2 is 1.97 bits per heavy atom. The Labute approximate surface area is 189 Å². The van der Waals surface area contributed by atoms with Gasteiger partial charge in [-0.15, -0.1) is 0 Å². The fraction of sp³-hybridized carbons (Fsp3) is 0.435. The first-order valence-corrected chi connectivity index (χ1v) is 11.8. The molecule has 0 unspecified atom stereocenters. The SMILES string of the molecule is CC(=O)Nc1nc2c(s1)-c1c(c(-c3ccc(C)nc3)nn1C1CCC(C(=O)O)CC1)CC2. The highest BCUT2D eigenvalue weighted by Gasteiger charge is 2.34. The van der Waals surface area contributed by atoms with Gasteiger partial charge >= 0.3 is 5.97 Å². The van der Waals surface area contributed by atoms with Gasteiger partial charge in [0.2, 0.25) is 5.91 Å². The molecule has 2 aliphatic carbocycles. The number of thiazole rings is 1. The van der Waals surface area contributed by atoms with Crippen molar-refractivity contribution in [2.75, 3.05) is 5.32 Å². The number of amides is 1. The van der Waals surface area contributed by atoms with Crippen LogP contribution in [0.2, 0.25) is 0 Å². The predicted octanol–water partition coefficient (Wildman–Crippen LogP) is 4.25. The Morgan fingerprint density at radius 1 is 1.19 bits per heavy atom. The number of rotatable bonds is 4. The van der Waals surface area contributed by atoms with Crippen molar-refractivity contribution in [3.05, 3.63) is 35.3 Å². The predicted molar refractivity (Wildman–Crippen MR) is 122 cm³/mol. The van der Waals surface area contributed by atoms with E-state index in [0.29, 0.717) is 18.0 Å². The summed E-state index contributed by atoms with van der Waals surface area (Å²) in [6.45, 7) is 3.45. The Morgan fingerprint density at radius 3 is 2.62 bits per heavy atom. The normalized spacial score (nSPS) is 19.8. The van der Waals surface area contributed by atoms with Gasteiger partial charge in [-0.3, -0.25) is 19.3 Å². The van der Waals surface area contributed by atoms with Crippen molar-refractivity contribution >= 4 is 28.3 Å². The number of nitrogens with zero attached hydrogens (tertiary/aromatic N) is 4. The average molecular weight is 452 g/mol. The van der Waals surface area contributed by atoms with Crippen molar-refractivity contribution in [2.24, 2.45) is 5.92 Å². The van der Waals surface area contributed by atoms with Crippen LogP contribution in [0.15, 0.2) is 18.3 Å². The molecule has 0 aliphatic heterocycles. The lowest BCUT2D eigenvalue weighted by atomic mass is 9.86. The van der Waals surface area contributed by atoms with Crippen LogP contribution in [0.1, 0.15) is 55.6 Å². The highest BCUT2D eigenvalue weighted by atomic mass is 32.1. The number of pyridine rings is 1. The molecule has 2 aliphatic rings. The van der Waals surface area contributed by atoms with Gasteiger partial charge in [0.1, 0.15) is 0 Å². The third kappa shape index (κ3) is 3.70. The molecule has 1 amide bonds. The van der Waals surface area contributed by atoms with Crippen LogP contribution in [-0.2, 0) is 22.4 Å². The molecule has 2 N–H and O–H groups in total. The molecule has 0 saturated heterocycles. The molecule has 1 fully saturated rings. The van der Waals surface area contributed by atoms with E-state index in [9.17, 15) is 14.7 Å². The zero-order valence-corrected chi connectivity index (χ0v) is 18.9. The molecule has 0 spiro atoms. The number of aromatic nitrogens is 4. The van der Waals surface area contributed by atoms with Crippen molar-refractivity contribution < 1.29 is 14.7 Å². The summed E-state index contributed by atoms with van der Waals surface area (Å²) in [5, 5.41) is 17.9. The third-order valence-electron chi connectivity index (χ3n) is 6.39. The molecule has 3 aromatic rings. The number of carboxylic acids is 1. The minimum Gasteiger partial charge on any atom is -0.481 e. The topological polar surface area (TPSA) is 110 Å². The lowest BCUT2D eigenvalue weighted by Crippen LogP contribution is -2.24. The van der Waals surface area contributed by atoms with Crippen molar-refractivity contribution in [2.45, 2.75) is 58.4 Å². The average Bonchev–Trinajstić information content (AvgIpc) is 3.34. The second-order valence-electron chi connectivity index (χ2n) is 8.63. The molecule has 1 saturated carbocycles. The molecule has 0 bridgehead atoms. The number of carbonyl (C=O) groups is 2. The first kappa shape index (κ1) is 20.8. The van der Waals surface area contributed by atoms with Gasteiger partial charge in [-0.1, -0.05) is 11.3 Å². The van der Waals surface area contributed by atoms with Crippen molar-refractivity contribution in [1.29, 1.82) is 0 Å². The van der Waals surface area contributed by atoms with Crippen molar-refractivity contribution in [1.82, 2.24) is 19.7 Å². The third-order valence-corrected chi connectivity index (χ3v) is 7.41. The van der Waals surface area contributed by atoms with E-state index >= 15 is 0 Å². The number of nitrogens with one attached hydrogen (secondary N) is 1. The maximum absolute atomic E-state index is 11.6.